The van der Waals surface area contributed by atoms with E-state index in [-0.39, 0.29) is 22.1 Å². The molecule has 146 valence electrons. The number of rotatable bonds is 6. The molecule has 1 N–H and O–H groups in total. The largest absolute Gasteiger partial charge is 0.336 e. The number of nitriles is 1. The zero-order chi connectivity index (χ0) is 20.1. The van der Waals surface area contributed by atoms with E-state index in [1.54, 1.807) is 6.92 Å². The third-order valence-electron chi connectivity index (χ3n) is 4.61. The fourth-order valence-electron chi connectivity index (χ4n) is 2.95. The van der Waals surface area contributed by atoms with Crippen LogP contribution >= 0.6 is 11.5 Å². The van der Waals surface area contributed by atoms with Crippen LogP contribution in [0.3, 0.4) is 0 Å². The van der Waals surface area contributed by atoms with Crippen LogP contribution in [0, 0.1) is 18.3 Å². The summed E-state index contributed by atoms with van der Waals surface area (Å²) < 4.78 is 47.5. The van der Waals surface area contributed by atoms with E-state index in [1.807, 2.05) is 6.07 Å². The van der Waals surface area contributed by atoms with Gasteiger partial charge in [-0.05, 0) is 38.0 Å². The first-order valence-corrected chi connectivity index (χ1v) is 10.6. The van der Waals surface area contributed by atoms with E-state index in [1.165, 1.54) is 27.3 Å². The van der Waals surface area contributed by atoms with Crippen LogP contribution in [-0.4, -0.2) is 39.1 Å². The van der Waals surface area contributed by atoms with Crippen LogP contribution < -0.4 is 10.4 Å². The maximum absolute atomic E-state index is 13.1. The highest BCUT2D eigenvalue weighted by Crippen LogP contribution is 2.37. The fraction of sp³-hybridized carbons (Fsp3) is 0.375. The number of hydrogen-bond donors (Lipinski definition) is 1. The molecule has 12 heteroatoms. The van der Waals surface area contributed by atoms with E-state index in [9.17, 15) is 17.6 Å². The van der Waals surface area contributed by atoms with Crippen LogP contribution in [0.2, 0.25) is 0 Å². The smallest absolute Gasteiger partial charge is 0.278 e. The summed E-state index contributed by atoms with van der Waals surface area (Å²) in [5.41, 5.74) is -0.872. The Morgan fingerprint density at radius 1 is 1.39 bits per heavy atom. The molecule has 0 atom stereocenters. The molecule has 1 saturated carbocycles. The summed E-state index contributed by atoms with van der Waals surface area (Å²) in [5, 5.41) is 9.32. The molecule has 0 aliphatic heterocycles. The molecular formula is C16H15FN6O3S2. The zero-order valence-corrected chi connectivity index (χ0v) is 16.3. The second-order valence-corrected chi connectivity index (χ2v) is 9.07. The molecule has 2 heterocycles. The van der Waals surface area contributed by atoms with Crippen molar-refractivity contribution in [3.8, 4) is 11.2 Å². The Bertz CT molecular complexity index is 1280. The minimum Gasteiger partial charge on any atom is -0.278 e. The number of halogens is 1. The summed E-state index contributed by atoms with van der Waals surface area (Å²) in [6.07, 6.45) is 0.885. The second kappa shape index (κ2) is 6.47. The maximum Gasteiger partial charge on any atom is 0.336 e. The van der Waals surface area contributed by atoms with Gasteiger partial charge in [-0.15, -0.1) is 0 Å². The standard InChI is InChI=1S/C16H15FN6O3S2/c1-10-19-14(27-20-10)23-13-8-11(28(25,26)21-16(9-17)4-5-16)2-3-12(13)22(7-6-18)15(23)24/h2-3,8,21H,4-5,7,9H2,1H3. The van der Waals surface area contributed by atoms with Crippen molar-refractivity contribution in [2.45, 2.75) is 36.7 Å². The van der Waals surface area contributed by atoms with Gasteiger partial charge in [0, 0.05) is 11.5 Å². The average molecular weight is 422 g/mol. The van der Waals surface area contributed by atoms with Gasteiger partial charge in [-0.3, -0.25) is 4.57 Å². The summed E-state index contributed by atoms with van der Waals surface area (Å²) in [6, 6.07) is 6.05. The predicted molar refractivity (Wildman–Crippen MR) is 99.6 cm³/mol. The molecule has 0 unspecified atom stereocenters. The zero-order valence-electron chi connectivity index (χ0n) is 14.7. The van der Waals surface area contributed by atoms with Gasteiger partial charge in [0.25, 0.3) is 0 Å². The molecule has 0 bridgehead atoms. The van der Waals surface area contributed by atoms with E-state index in [0.29, 0.717) is 24.2 Å². The van der Waals surface area contributed by atoms with Crippen molar-refractivity contribution >= 4 is 32.6 Å². The lowest BCUT2D eigenvalue weighted by atomic mass is 10.3. The third-order valence-corrected chi connectivity index (χ3v) is 6.98. The van der Waals surface area contributed by atoms with Crippen LogP contribution in [0.4, 0.5) is 4.39 Å². The number of aryl methyl sites for hydroxylation is 1. The molecule has 0 radical (unpaired) electrons. The van der Waals surface area contributed by atoms with Gasteiger partial charge in [-0.1, -0.05) is 0 Å². The Morgan fingerprint density at radius 3 is 2.71 bits per heavy atom. The van der Waals surface area contributed by atoms with Gasteiger partial charge >= 0.3 is 5.69 Å². The Morgan fingerprint density at radius 2 is 2.14 bits per heavy atom. The SMILES string of the molecule is Cc1nsc(-n2c(=O)n(CC#N)c3ccc(S(=O)(=O)NC4(CF)CC4)cc32)n1. The first-order chi connectivity index (χ1) is 13.3. The number of aromatic nitrogens is 4. The highest BCUT2D eigenvalue weighted by molar-refractivity contribution is 7.89. The summed E-state index contributed by atoms with van der Waals surface area (Å²) in [6.45, 7) is 0.697. The van der Waals surface area contributed by atoms with Gasteiger partial charge in [0.1, 0.15) is 19.0 Å². The second-order valence-electron chi connectivity index (χ2n) is 6.66. The molecule has 0 spiro atoms. The lowest BCUT2D eigenvalue weighted by Crippen LogP contribution is -2.38. The molecule has 4 rings (SSSR count). The Kier molecular flexibility index (Phi) is 4.33. The Labute approximate surface area is 163 Å². The number of alkyl halides is 1. The van der Waals surface area contributed by atoms with E-state index in [0.717, 1.165) is 11.5 Å². The average Bonchev–Trinajstić information content (AvgIpc) is 3.20. The van der Waals surface area contributed by atoms with Crippen LogP contribution in [0.25, 0.3) is 16.2 Å². The van der Waals surface area contributed by atoms with Crippen LogP contribution in [-0.2, 0) is 16.6 Å². The minimum absolute atomic E-state index is 0.0937. The molecule has 1 aromatic carbocycles. The molecule has 28 heavy (non-hydrogen) atoms. The van der Waals surface area contributed by atoms with E-state index < -0.39 is 27.9 Å². The highest BCUT2D eigenvalue weighted by Gasteiger charge is 2.46. The molecule has 1 aliphatic rings. The molecular weight excluding hydrogens is 407 g/mol. The Hall–Kier alpha value is -2.62. The van der Waals surface area contributed by atoms with Crippen molar-refractivity contribution < 1.29 is 12.8 Å². The number of imidazole rings is 1. The lowest BCUT2D eigenvalue weighted by Gasteiger charge is -2.14. The number of nitrogens with one attached hydrogen (secondary N) is 1. The van der Waals surface area contributed by atoms with Gasteiger partial charge in [0.2, 0.25) is 15.2 Å². The minimum atomic E-state index is -3.98. The quantitative estimate of drug-likeness (QED) is 0.638. The number of benzene rings is 1. The van der Waals surface area contributed by atoms with Gasteiger partial charge in [-0.25, -0.2) is 31.9 Å². The first-order valence-electron chi connectivity index (χ1n) is 8.33. The third kappa shape index (κ3) is 3.01. The van der Waals surface area contributed by atoms with Crippen molar-refractivity contribution in [3.63, 3.8) is 0 Å². The van der Waals surface area contributed by atoms with Crippen molar-refractivity contribution in [1.29, 1.82) is 5.26 Å². The lowest BCUT2D eigenvalue weighted by molar-refractivity contribution is 0.393. The summed E-state index contributed by atoms with van der Waals surface area (Å²) in [7, 11) is -3.98. The van der Waals surface area contributed by atoms with Crippen molar-refractivity contribution in [2.75, 3.05) is 6.67 Å². The molecule has 3 aromatic rings. The molecule has 9 nitrogen and oxygen atoms in total. The number of sulfonamides is 1. The van der Waals surface area contributed by atoms with Gasteiger partial charge in [-0.2, -0.15) is 9.64 Å². The number of nitrogens with zero attached hydrogens (tertiary/aromatic N) is 5. The first kappa shape index (κ1) is 18.7. The molecule has 1 aliphatic carbocycles. The normalized spacial score (nSPS) is 15.6. The van der Waals surface area contributed by atoms with Crippen molar-refractivity contribution in [3.05, 3.63) is 34.5 Å². The van der Waals surface area contributed by atoms with Crippen LogP contribution in [0.15, 0.2) is 27.9 Å². The molecule has 2 aromatic heterocycles. The monoisotopic (exact) mass is 422 g/mol. The van der Waals surface area contributed by atoms with Crippen molar-refractivity contribution in [2.24, 2.45) is 0 Å². The Balaban J connectivity index is 1.91. The fourth-order valence-corrected chi connectivity index (χ4v) is 5.09. The number of hydrogen-bond acceptors (Lipinski definition) is 7. The topological polar surface area (TPSA) is 123 Å². The van der Waals surface area contributed by atoms with Crippen molar-refractivity contribution in [1.82, 2.24) is 23.2 Å². The molecule has 0 saturated heterocycles. The van der Waals surface area contributed by atoms with E-state index in [4.69, 9.17) is 5.26 Å². The van der Waals surface area contributed by atoms with Gasteiger partial charge in [0.05, 0.1) is 27.5 Å². The number of fused-ring (bicyclic) bond motifs is 1. The van der Waals surface area contributed by atoms with E-state index >= 15 is 0 Å². The molecule has 0 amide bonds. The summed E-state index contributed by atoms with van der Waals surface area (Å²) in [5.74, 6) is 0.470. The van der Waals surface area contributed by atoms with Gasteiger partial charge < -0.3 is 0 Å². The highest BCUT2D eigenvalue weighted by atomic mass is 32.2. The van der Waals surface area contributed by atoms with Gasteiger partial charge in [0.15, 0.2) is 0 Å². The van der Waals surface area contributed by atoms with E-state index in [2.05, 4.69) is 14.1 Å². The molecule has 1 fully saturated rings. The van der Waals surface area contributed by atoms with Crippen LogP contribution in [0.5, 0.6) is 0 Å². The summed E-state index contributed by atoms with van der Waals surface area (Å²) in [4.78, 5) is 16.9. The predicted octanol–water partition coefficient (Wildman–Crippen LogP) is 1.26. The summed E-state index contributed by atoms with van der Waals surface area (Å²) >= 11 is 0.991. The van der Waals surface area contributed by atoms with Crippen LogP contribution in [0.1, 0.15) is 18.7 Å². The maximum atomic E-state index is 13.1.